The molecule has 2 aromatic heterocycles. The predicted molar refractivity (Wildman–Crippen MR) is 114 cm³/mol. The number of fused-ring (bicyclic) bond motifs is 1. The molecular formula is C19H17N5O3S2. The number of amides is 1. The Morgan fingerprint density at radius 3 is 2.52 bits per heavy atom. The molecule has 3 heterocycles. The fourth-order valence-electron chi connectivity index (χ4n) is 2.84. The first kappa shape index (κ1) is 19.2. The van der Waals surface area contributed by atoms with E-state index in [9.17, 15) is 9.59 Å². The number of alkyl carbamates (subject to hydrolysis) is 1. The lowest BCUT2D eigenvalue weighted by atomic mass is 10.2. The number of benzene rings is 1. The molecule has 1 N–H and O–H groups in total. The van der Waals surface area contributed by atoms with Crippen molar-refractivity contribution in [3.05, 3.63) is 40.9 Å². The van der Waals surface area contributed by atoms with Crippen molar-refractivity contribution in [2.75, 3.05) is 18.0 Å². The molecule has 1 aromatic carbocycles. The van der Waals surface area contributed by atoms with Crippen LogP contribution in [0.1, 0.15) is 18.7 Å². The average Bonchev–Trinajstić information content (AvgIpc) is 3.35. The van der Waals surface area contributed by atoms with Crippen LogP contribution in [-0.4, -0.2) is 30.1 Å². The van der Waals surface area contributed by atoms with E-state index >= 15 is 0 Å². The second-order valence-electron chi connectivity index (χ2n) is 6.06. The first-order valence-corrected chi connectivity index (χ1v) is 10.6. The standard InChI is InChI=1S/C19H17N5O3S2/c1-3-24(4-2)12-7-5-11(6-8-12)22-23-18-21-16-15(29-18)10-13(28-16)9-14-17(25)27-19(26)20-14/h5-10H,3-4H2,1-2H3,(H,20,26)/b14-9+,23-22?. The maximum Gasteiger partial charge on any atom is 0.419 e. The summed E-state index contributed by atoms with van der Waals surface area (Å²) in [5.74, 6) is -0.679. The van der Waals surface area contributed by atoms with Gasteiger partial charge in [0.25, 0.3) is 0 Å². The fraction of sp³-hybridized carbons (Fsp3) is 0.211. The third-order valence-electron chi connectivity index (χ3n) is 4.26. The van der Waals surface area contributed by atoms with Gasteiger partial charge in [-0.25, -0.2) is 14.6 Å². The van der Waals surface area contributed by atoms with E-state index in [4.69, 9.17) is 0 Å². The van der Waals surface area contributed by atoms with Gasteiger partial charge in [-0.1, -0.05) is 11.3 Å². The highest BCUT2D eigenvalue weighted by atomic mass is 32.1. The van der Waals surface area contributed by atoms with E-state index in [2.05, 4.69) is 44.0 Å². The normalized spacial score (nSPS) is 15.4. The molecule has 1 amide bonds. The number of anilines is 1. The number of thiazole rings is 1. The Kier molecular flexibility index (Phi) is 5.36. The Morgan fingerprint density at radius 1 is 1.14 bits per heavy atom. The molecular weight excluding hydrogens is 410 g/mol. The number of carbonyl (C=O) groups is 2. The third kappa shape index (κ3) is 4.17. The molecule has 0 radical (unpaired) electrons. The Bertz CT molecular complexity index is 1100. The topological polar surface area (TPSA) is 96.2 Å². The lowest BCUT2D eigenvalue weighted by molar-refractivity contribution is -0.130. The highest BCUT2D eigenvalue weighted by molar-refractivity contribution is 7.29. The van der Waals surface area contributed by atoms with Gasteiger partial charge in [0, 0.05) is 23.7 Å². The summed E-state index contributed by atoms with van der Waals surface area (Å²) in [6, 6.07) is 9.84. The Morgan fingerprint density at radius 2 is 1.90 bits per heavy atom. The van der Waals surface area contributed by atoms with E-state index in [1.807, 2.05) is 30.3 Å². The molecule has 148 valence electrons. The van der Waals surface area contributed by atoms with Gasteiger partial charge in [-0.3, -0.25) is 5.32 Å². The molecule has 8 nitrogen and oxygen atoms in total. The number of nitrogens with one attached hydrogen (secondary N) is 1. The van der Waals surface area contributed by atoms with E-state index in [0.717, 1.165) is 38.9 Å². The van der Waals surface area contributed by atoms with E-state index in [-0.39, 0.29) is 5.70 Å². The van der Waals surface area contributed by atoms with Crippen LogP contribution in [-0.2, 0) is 9.53 Å². The zero-order valence-electron chi connectivity index (χ0n) is 15.7. The van der Waals surface area contributed by atoms with Crippen molar-refractivity contribution in [3.8, 4) is 0 Å². The van der Waals surface area contributed by atoms with Crippen LogP contribution in [0, 0.1) is 0 Å². The zero-order valence-corrected chi connectivity index (χ0v) is 17.3. The molecule has 0 bridgehead atoms. The van der Waals surface area contributed by atoms with Crippen molar-refractivity contribution < 1.29 is 14.3 Å². The maximum atomic E-state index is 11.5. The number of hydrogen-bond acceptors (Lipinski definition) is 9. The summed E-state index contributed by atoms with van der Waals surface area (Å²) in [4.78, 5) is 30.9. The minimum absolute atomic E-state index is 0.122. The second kappa shape index (κ2) is 8.10. The lowest BCUT2D eigenvalue weighted by Crippen LogP contribution is -2.21. The summed E-state index contributed by atoms with van der Waals surface area (Å²) in [6.07, 6.45) is 0.816. The predicted octanol–water partition coefficient (Wildman–Crippen LogP) is 5.23. The van der Waals surface area contributed by atoms with Gasteiger partial charge in [0.2, 0.25) is 5.13 Å². The van der Waals surface area contributed by atoms with Crippen LogP contribution < -0.4 is 10.2 Å². The van der Waals surface area contributed by atoms with Gasteiger partial charge in [-0.15, -0.1) is 21.6 Å². The quantitative estimate of drug-likeness (QED) is 0.252. The van der Waals surface area contributed by atoms with Crippen molar-refractivity contribution >= 4 is 66.8 Å². The summed E-state index contributed by atoms with van der Waals surface area (Å²) in [6.45, 7) is 6.17. The molecule has 0 atom stereocenters. The molecule has 0 saturated carbocycles. The molecule has 1 aliphatic heterocycles. The van der Waals surface area contributed by atoms with Crippen LogP contribution in [0.4, 0.5) is 21.3 Å². The molecule has 3 aromatic rings. The molecule has 4 rings (SSSR count). The molecule has 1 aliphatic rings. The molecule has 1 saturated heterocycles. The van der Waals surface area contributed by atoms with Crippen LogP contribution >= 0.6 is 22.7 Å². The van der Waals surface area contributed by atoms with Gasteiger partial charge < -0.3 is 9.64 Å². The molecule has 0 unspecified atom stereocenters. The average molecular weight is 428 g/mol. The van der Waals surface area contributed by atoms with Crippen molar-refractivity contribution in [1.82, 2.24) is 10.3 Å². The van der Waals surface area contributed by atoms with Crippen molar-refractivity contribution in [2.45, 2.75) is 13.8 Å². The van der Waals surface area contributed by atoms with Crippen molar-refractivity contribution in [3.63, 3.8) is 0 Å². The maximum absolute atomic E-state index is 11.5. The highest BCUT2D eigenvalue weighted by Gasteiger charge is 2.26. The number of rotatable bonds is 6. The van der Waals surface area contributed by atoms with Gasteiger partial charge in [0.15, 0.2) is 0 Å². The Balaban J connectivity index is 1.48. The zero-order chi connectivity index (χ0) is 20.4. The molecule has 10 heteroatoms. The van der Waals surface area contributed by atoms with Gasteiger partial charge in [-0.2, -0.15) is 0 Å². The molecule has 0 aliphatic carbocycles. The Labute approximate surface area is 174 Å². The lowest BCUT2D eigenvalue weighted by Gasteiger charge is -2.20. The first-order valence-electron chi connectivity index (χ1n) is 8.97. The van der Waals surface area contributed by atoms with Gasteiger partial charge in [0.05, 0.1) is 10.4 Å². The summed E-state index contributed by atoms with van der Waals surface area (Å²) in [7, 11) is 0. The summed E-state index contributed by atoms with van der Waals surface area (Å²) in [5.41, 5.74) is 2.05. The van der Waals surface area contributed by atoms with Crippen molar-refractivity contribution in [1.29, 1.82) is 0 Å². The number of ether oxygens (including phenoxy) is 1. The van der Waals surface area contributed by atoms with Crippen LogP contribution in [0.3, 0.4) is 0 Å². The number of carbonyl (C=O) groups excluding carboxylic acids is 2. The van der Waals surface area contributed by atoms with Gasteiger partial charge in [0.1, 0.15) is 10.5 Å². The number of aromatic nitrogens is 1. The number of hydrogen-bond donors (Lipinski definition) is 1. The monoisotopic (exact) mass is 427 g/mol. The second-order valence-corrected chi connectivity index (χ2v) is 8.13. The largest absolute Gasteiger partial charge is 0.419 e. The smallest absolute Gasteiger partial charge is 0.372 e. The minimum atomic E-state index is -0.759. The molecule has 29 heavy (non-hydrogen) atoms. The van der Waals surface area contributed by atoms with Crippen molar-refractivity contribution in [2.24, 2.45) is 10.2 Å². The number of nitrogens with zero attached hydrogens (tertiary/aromatic N) is 4. The van der Waals surface area contributed by atoms with E-state index in [1.54, 1.807) is 6.08 Å². The number of thiophene rings is 1. The number of esters is 1. The summed E-state index contributed by atoms with van der Waals surface area (Å²) < 4.78 is 5.37. The first-order chi connectivity index (χ1) is 14.1. The fourth-order valence-corrected chi connectivity index (χ4v) is 4.82. The van der Waals surface area contributed by atoms with E-state index < -0.39 is 12.1 Å². The van der Waals surface area contributed by atoms with Crippen LogP contribution in [0.25, 0.3) is 15.6 Å². The molecule has 1 fully saturated rings. The summed E-state index contributed by atoms with van der Waals surface area (Å²) >= 11 is 2.81. The van der Waals surface area contributed by atoms with Crippen LogP contribution in [0.2, 0.25) is 0 Å². The number of cyclic esters (lactones) is 2. The van der Waals surface area contributed by atoms with Crippen LogP contribution in [0.15, 0.2) is 46.3 Å². The van der Waals surface area contributed by atoms with E-state index in [0.29, 0.717) is 5.13 Å². The van der Waals surface area contributed by atoms with Crippen LogP contribution in [0.5, 0.6) is 0 Å². The highest BCUT2D eigenvalue weighted by Crippen LogP contribution is 2.36. The Hall–Kier alpha value is -3.11. The SMILES string of the molecule is CCN(CC)c1ccc(N=Nc2nc3sc(/C=C4/NC(=O)OC4=O)cc3s2)cc1. The summed E-state index contributed by atoms with van der Waals surface area (Å²) in [5, 5.41) is 11.4. The third-order valence-corrected chi connectivity index (χ3v) is 6.25. The van der Waals surface area contributed by atoms with E-state index in [1.165, 1.54) is 22.7 Å². The van der Waals surface area contributed by atoms with Gasteiger partial charge >= 0.3 is 12.1 Å². The molecule has 0 spiro atoms. The van der Waals surface area contributed by atoms with Gasteiger partial charge in [-0.05, 0) is 50.3 Å². The number of azo groups is 1. The minimum Gasteiger partial charge on any atom is -0.372 e.